The van der Waals surface area contributed by atoms with Crippen LogP contribution in [0.3, 0.4) is 0 Å². The first-order chi connectivity index (χ1) is 12.7. The first-order valence-corrected chi connectivity index (χ1v) is 8.94. The molecule has 3 aromatic carbocycles. The van der Waals surface area contributed by atoms with Crippen molar-refractivity contribution in [2.45, 2.75) is 18.8 Å². The molecule has 0 aliphatic rings. The maximum Gasteiger partial charge on any atom is 0.0917 e. The van der Waals surface area contributed by atoms with E-state index in [0.29, 0.717) is 19.6 Å². The second-order valence-corrected chi connectivity index (χ2v) is 6.53. The molecule has 0 aliphatic carbocycles. The highest BCUT2D eigenvalue weighted by Gasteiger charge is 2.18. The summed E-state index contributed by atoms with van der Waals surface area (Å²) >= 11 is 0. The zero-order valence-electron chi connectivity index (χ0n) is 14.8. The van der Waals surface area contributed by atoms with Gasteiger partial charge in [-0.05, 0) is 16.7 Å². The van der Waals surface area contributed by atoms with E-state index in [4.69, 9.17) is 0 Å². The Morgan fingerprint density at radius 1 is 0.577 bits per heavy atom. The summed E-state index contributed by atoms with van der Waals surface area (Å²) < 4.78 is 0. The lowest BCUT2D eigenvalue weighted by Gasteiger charge is -2.27. The van der Waals surface area contributed by atoms with Crippen LogP contribution in [0.15, 0.2) is 91.0 Å². The Balaban J connectivity index is 1.73. The van der Waals surface area contributed by atoms with Gasteiger partial charge in [-0.1, -0.05) is 91.0 Å². The van der Waals surface area contributed by atoms with Crippen molar-refractivity contribution >= 4 is 0 Å². The standard InChI is InChI=1S/C23H25NO2/c25-22(20-12-6-2-7-13-20)17-24(16-19-10-4-1-5-11-19)18-23(26)21-14-8-3-9-15-21/h1-15,22-23,25-26H,16-18H2/t22-,23-/m1/s1. The second kappa shape index (κ2) is 9.30. The van der Waals surface area contributed by atoms with Crippen molar-refractivity contribution < 1.29 is 10.2 Å². The minimum atomic E-state index is -0.595. The number of aliphatic hydroxyl groups excluding tert-OH is 2. The number of rotatable bonds is 8. The normalized spacial score (nSPS) is 13.5. The third-order valence-electron chi connectivity index (χ3n) is 4.48. The Kier molecular flexibility index (Phi) is 6.56. The molecule has 0 bridgehead atoms. The van der Waals surface area contributed by atoms with Gasteiger partial charge in [0.15, 0.2) is 0 Å². The Hall–Kier alpha value is -2.46. The zero-order valence-corrected chi connectivity index (χ0v) is 14.8. The fourth-order valence-electron chi connectivity index (χ4n) is 3.10. The van der Waals surface area contributed by atoms with Crippen LogP contribution < -0.4 is 0 Å². The number of nitrogens with zero attached hydrogens (tertiary/aromatic N) is 1. The number of hydrogen-bond donors (Lipinski definition) is 2. The van der Waals surface area contributed by atoms with Crippen LogP contribution in [0.5, 0.6) is 0 Å². The molecule has 0 radical (unpaired) electrons. The predicted molar refractivity (Wildman–Crippen MR) is 105 cm³/mol. The molecule has 0 saturated heterocycles. The molecular weight excluding hydrogens is 322 g/mol. The molecule has 0 saturated carbocycles. The highest BCUT2D eigenvalue weighted by molar-refractivity contribution is 5.20. The van der Waals surface area contributed by atoms with Crippen molar-refractivity contribution in [1.82, 2.24) is 4.90 Å². The summed E-state index contributed by atoms with van der Waals surface area (Å²) in [6.07, 6.45) is -1.19. The van der Waals surface area contributed by atoms with Crippen LogP contribution in [0.25, 0.3) is 0 Å². The first kappa shape index (κ1) is 18.3. The van der Waals surface area contributed by atoms with Gasteiger partial charge < -0.3 is 10.2 Å². The number of benzene rings is 3. The topological polar surface area (TPSA) is 43.7 Å². The number of aliphatic hydroxyl groups is 2. The van der Waals surface area contributed by atoms with E-state index in [1.54, 1.807) is 0 Å². The molecular formula is C23H25NO2. The first-order valence-electron chi connectivity index (χ1n) is 8.94. The number of hydrogen-bond acceptors (Lipinski definition) is 3. The van der Waals surface area contributed by atoms with E-state index in [1.165, 1.54) is 0 Å². The van der Waals surface area contributed by atoms with Crippen molar-refractivity contribution in [3.05, 3.63) is 108 Å². The van der Waals surface area contributed by atoms with Gasteiger partial charge in [-0.15, -0.1) is 0 Å². The van der Waals surface area contributed by atoms with Crippen LogP contribution in [-0.2, 0) is 6.54 Å². The summed E-state index contributed by atoms with van der Waals surface area (Å²) in [4.78, 5) is 2.10. The molecule has 0 fully saturated rings. The van der Waals surface area contributed by atoms with Crippen LogP contribution >= 0.6 is 0 Å². The lowest BCUT2D eigenvalue weighted by molar-refractivity contribution is 0.0647. The van der Waals surface area contributed by atoms with Gasteiger partial charge in [-0.2, -0.15) is 0 Å². The molecule has 0 unspecified atom stereocenters. The molecule has 3 nitrogen and oxygen atoms in total. The fourth-order valence-corrected chi connectivity index (χ4v) is 3.10. The molecule has 0 aromatic heterocycles. The maximum absolute atomic E-state index is 10.6. The van der Waals surface area contributed by atoms with Gasteiger partial charge >= 0.3 is 0 Å². The summed E-state index contributed by atoms with van der Waals surface area (Å²) in [5, 5.41) is 21.3. The summed E-state index contributed by atoms with van der Waals surface area (Å²) in [7, 11) is 0. The van der Waals surface area contributed by atoms with Crippen LogP contribution in [0.1, 0.15) is 28.9 Å². The van der Waals surface area contributed by atoms with Crippen LogP contribution in [-0.4, -0.2) is 28.2 Å². The SMILES string of the molecule is O[C@H](CN(Cc1ccccc1)C[C@@H](O)c1ccccc1)c1ccccc1. The summed E-state index contributed by atoms with van der Waals surface area (Å²) in [6.45, 7) is 1.60. The maximum atomic E-state index is 10.6. The average Bonchev–Trinajstić information content (AvgIpc) is 2.70. The van der Waals surface area contributed by atoms with Gasteiger partial charge in [0.2, 0.25) is 0 Å². The fraction of sp³-hybridized carbons (Fsp3) is 0.217. The van der Waals surface area contributed by atoms with Crippen molar-refractivity contribution in [3.63, 3.8) is 0 Å². The van der Waals surface area contributed by atoms with Crippen LogP contribution in [0.2, 0.25) is 0 Å². The molecule has 0 heterocycles. The molecule has 3 rings (SSSR count). The van der Waals surface area contributed by atoms with Crippen LogP contribution in [0.4, 0.5) is 0 Å². The smallest absolute Gasteiger partial charge is 0.0917 e. The molecule has 0 aliphatic heterocycles. The van der Waals surface area contributed by atoms with Crippen molar-refractivity contribution in [2.75, 3.05) is 13.1 Å². The van der Waals surface area contributed by atoms with E-state index in [-0.39, 0.29) is 0 Å². The van der Waals surface area contributed by atoms with E-state index in [2.05, 4.69) is 17.0 Å². The van der Waals surface area contributed by atoms with Crippen molar-refractivity contribution in [1.29, 1.82) is 0 Å². The van der Waals surface area contributed by atoms with E-state index >= 15 is 0 Å². The van der Waals surface area contributed by atoms with Crippen molar-refractivity contribution in [2.24, 2.45) is 0 Å². The molecule has 3 aromatic rings. The molecule has 134 valence electrons. The Morgan fingerprint density at radius 2 is 0.962 bits per heavy atom. The molecule has 0 amide bonds. The van der Waals surface area contributed by atoms with Gasteiger partial charge in [-0.25, -0.2) is 0 Å². The summed E-state index contributed by atoms with van der Waals surface area (Å²) in [5.74, 6) is 0. The Morgan fingerprint density at radius 3 is 1.38 bits per heavy atom. The quantitative estimate of drug-likeness (QED) is 0.648. The lowest BCUT2D eigenvalue weighted by atomic mass is 10.1. The summed E-state index contributed by atoms with van der Waals surface area (Å²) in [5.41, 5.74) is 2.94. The zero-order chi connectivity index (χ0) is 18.2. The highest BCUT2D eigenvalue weighted by atomic mass is 16.3. The van der Waals surface area contributed by atoms with Gasteiger partial charge in [0.05, 0.1) is 12.2 Å². The highest BCUT2D eigenvalue weighted by Crippen LogP contribution is 2.19. The molecule has 2 atom stereocenters. The van der Waals surface area contributed by atoms with Crippen LogP contribution in [0, 0.1) is 0 Å². The minimum absolute atomic E-state index is 0.461. The third-order valence-corrected chi connectivity index (χ3v) is 4.48. The van der Waals surface area contributed by atoms with Gasteiger partial charge in [0.1, 0.15) is 0 Å². The second-order valence-electron chi connectivity index (χ2n) is 6.53. The van der Waals surface area contributed by atoms with E-state index in [0.717, 1.165) is 16.7 Å². The predicted octanol–water partition coefficient (Wildman–Crippen LogP) is 3.96. The molecule has 26 heavy (non-hydrogen) atoms. The largest absolute Gasteiger partial charge is 0.387 e. The Bertz CT molecular complexity index is 714. The molecule has 0 spiro atoms. The average molecular weight is 347 g/mol. The van der Waals surface area contributed by atoms with Gasteiger partial charge in [-0.3, -0.25) is 4.90 Å². The summed E-state index contributed by atoms with van der Waals surface area (Å²) in [6, 6.07) is 29.5. The third kappa shape index (κ3) is 5.27. The monoisotopic (exact) mass is 347 g/mol. The van der Waals surface area contributed by atoms with E-state index in [1.807, 2.05) is 78.9 Å². The molecule has 2 N–H and O–H groups in total. The van der Waals surface area contributed by atoms with E-state index in [9.17, 15) is 10.2 Å². The van der Waals surface area contributed by atoms with Gasteiger partial charge in [0.25, 0.3) is 0 Å². The lowest BCUT2D eigenvalue weighted by Crippen LogP contribution is -2.32. The molecule has 3 heteroatoms. The minimum Gasteiger partial charge on any atom is -0.387 e. The Labute approximate surface area is 155 Å². The van der Waals surface area contributed by atoms with Gasteiger partial charge in [0, 0.05) is 19.6 Å². The van der Waals surface area contributed by atoms with Crippen molar-refractivity contribution in [3.8, 4) is 0 Å². The van der Waals surface area contributed by atoms with E-state index < -0.39 is 12.2 Å².